The number of hydrogen-bond acceptors (Lipinski definition) is 5. The summed E-state index contributed by atoms with van der Waals surface area (Å²) in [5, 5.41) is 16.1. The fourth-order valence-corrected chi connectivity index (χ4v) is 9.15. The second-order valence-electron chi connectivity index (χ2n) is 13.3. The number of aromatic nitrogens is 1. The third-order valence-corrected chi connectivity index (χ3v) is 11.2. The van der Waals surface area contributed by atoms with E-state index in [0.717, 1.165) is 59.5 Å². The molecule has 3 aromatic rings. The minimum atomic E-state index is -1.70. The average Bonchev–Trinajstić information content (AvgIpc) is 3.37. The van der Waals surface area contributed by atoms with E-state index in [1.54, 1.807) is 6.92 Å². The Bertz CT molecular complexity index is 1470. The zero-order valence-corrected chi connectivity index (χ0v) is 25.8. The number of fused-ring (bicyclic) bond motifs is 1. The van der Waals surface area contributed by atoms with Crippen LogP contribution < -0.4 is 10.6 Å². The molecule has 9 nitrogen and oxygen atoms in total. The molecule has 3 atom stereocenters. The van der Waals surface area contributed by atoms with Gasteiger partial charge in [-0.05, 0) is 97.5 Å². The molecule has 0 radical (unpaired) electrons. The predicted octanol–water partition coefficient (Wildman–Crippen LogP) is 4.58. The molecular weight excluding hydrogens is 578 g/mol. The number of carboxylic acids is 1. The maximum Gasteiger partial charge on any atom is 0.408 e. The SMILES string of the molecule is CC(Cc1c[nH]c2ccccc12)(NC(=O)OC1C2CC3CC(C2)CC1C3)C(=O)NC(Cc1ccccc1)C[S+]([O-])CC(=O)O. The van der Waals surface area contributed by atoms with Crippen molar-refractivity contribution < 1.29 is 28.8 Å². The minimum Gasteiger partial charge on any atom is -0.616 e. The molecule has 0 aliphatic heterocycles. The number of rotatable bonds is 12. The van der Waals surface area contributed by atoms with Crippen molar-refractivity contribution in [1.82, 2.24) is 15.6 Å². The van der Waals surface area contributed by atoms with Crippen LogP contribution in [0.3, 0.4) is 0 Å². The van der Waals surface area contributed by atoms with Gasteiger partial charge in [-0.15, -0.1) is 0 Å². The van der Waals surface area contributed by atoms with Crippen molar-refractivity contribution in [2.24, 2.45) is 23.7 Å². The van der Waals surface area contributed by atoms with E-state index >= 15 is 0 Å². The van der Waals surface area contributed by atoms with Gasteiger partial charge < -0.3 is 30.0 Å². The third kappa shape index (κ3) is 6.91. The van der Waals surface area contributed by atoms with Gasteiger partial charge in [-0.2, -0.15) is 0 Å². The highest BCUT2D eigenvalue weighted by Gasteiger charge is 2.50. The van der Waals surface area contributed by atoms with Crippen LogP contribution in [0.5, 0.6) is 0 Å². The Balaban J connectivity index is 1.23. The van der Waals surface area contributed by atoms with E-state index in [1.807, 2.05) is 60.8 Å². The first-order valence-electron chi connectivity index (χ1n) is 15.6. The summed E-state index contributed by atoms with van der Waals surface area (Å²) in [4.78, 5) is 42.3. The molecule has 7 rings (SSSR count). The van der Waals surface area contributed by atoms with Crippen molar-refractivity contribution in [3.05, 3.63) is 71.9 Å². The van der Waals surface area contributed by atoms with Crippen molar-refractivity contribution in [3.63, 3.8) is 0 Å². The Kier molecular flexibility index (Phi) is 8.91. The van der Waals surface area contributed by atoms with E-state index in [4.69, 9.17) is 4.74 Å². The predicted molar refractivity (Wildman–Crippen MR) is 168 cm³/mol. The standard InChI is InChI=1S/C34H41N3O6S/c1-34(17-26-18-35-29-10-6-5-9-28(26)29,37-33(41)43-31-24-12-22-11-23(14-24)15-25(31)13-22)32(40)36-27(19-44(42)20-30(38)39)16-21-7-3-2-4-8-21/h2-10,18,22-25,27,31,35H,11-17,19-20H2,1H3,(H,36,40)(H,37,41)(H,38,39). The number of carbonyl (C=O) groups is 3. The molecule has 0 spiro atoms. The highest BCUT2D eigenvalue weighted by molar-refractivity contribution is 7.92. The molecule has 1 aromatic heterocycles. The monoisotopic (exact) mass is 619 g/mol. The number of aromatic amines is 1. The number of alkyl carbamates (subject to hydrolysis) is 1. The Morgan fingerprint density at radius 2 is 1.68 bits per heavy atom. The summed E-state index contributed by atoms with van der Waals surface area (Å²) in [5.41, 5.74) is 1.30. The summed E-state index contributed by atoms with van der Waals surface area (Å²) in [6.07, 6.45) is 7.38. The Morgan fingerprint density at radius 3 is 2.36 bits per heavy atom. The van der Waals surface area contributed by atoms with Crippen LogP contribution in [0.15, 0.2) is 60.8 Å². The van der Waals surface area contributed by atoms with Crippen LogP contribution in [0.25, 0.3) is 10.9 Å². The van der Waals surface area contributed by atoms with Gasteiger partial charge in [0.15, 0.2) is 0 Å². The first-order chi connectivity index (χ1) is 21.1. The smallest absolute Gasteiger partial charge is 0.408 e. The molecule has 4 N–H and O–H groups in total. The van der Waals surface area contributed by atoms with Crippen molar-refractivity contribution in [2.45, 2.75) is 69.6 Å². The molecule has 4 bridgehead atoms. The van der Waals surface area contributed by atoms with Gasteiger partial charge in [-0.3, -0.25) is 4.79 Å². The molecule has 44 heavy (non-hydrogen) atoms. The topological polar surface area (TPSA) is 144 Å². The summed E-state index contributed by atoms with van der Waals surface area (Å²) in [6, 6.07) is 16.6. The third-order valence-electron chi connectivity index (χ3n) is 9.81. The van der Waals surface area contributed by atoms with Gasteiger partial charge in [0.1, 0.15) is 17.4 Å². The Morgan fingerprint density at radius 1 is 1.02 bits per heavy atom. The van der Waals surface area contributed by atoms with Gasteiger partial charge in [0.25, 0.3) is 0 Å². The van der Waals surface area contributed by atoms with Crippen LogP contribution in [0.4, 0.5) is 4.79 Å². The summed E-state index contributed by atoms with van der Waals surface area (Å²) in [7, 11) is 0. The molecule has 4 aliphatic rings. The first-order valence-corrected chi connectivity index (χ1v) is 17.1. The minimum absolute atomic E-state index is 0.0334. The Hall–Kier alpha value is -3.50. The molecule has 1 heterocycles. The highest BCUT2D eigenvalue weighted by atomic mass is 32.2. The van der Waals surface area contributed by atoms with E-state index < -0.39 is 46.5 Å². The number of hydrogen-bond donors (Lipinski definition) is 4. The zero-order valence-electron chi connectivity index (χ0n) is 25.0. The van der Waals surface area contributed by atoms with Crippen molar-refractivity contribution in [3.8, 4) is 0 Å². The lowest BCUT2D eigenvalue weighted by molar-refractivity contribution is -0.134. The summed E-state index contributed by atoms with van der Waals surface area (Å²) >= 11 is -1.70. The number of para-hydroxylation sites is 1. The van der Waals surface area contributed by atoms with E-state index in [-0.39, 0.29) is 18.3 Å². The number of H-pyrrole nitrogens is 1. The van der Waals surface area contributed by atoms with E-state index in [9.17, 15) is 24.0 Å². The molecule has 4 aliphatic carbocycles. The van der Waals surface area contributed by atoms with Gasteiger partial charge >= 0.3 is 12.1 Å². The van der Waals surface area contributed by atoms with Crippen molar-refractivity contribution in [1.29, 1.82) is 0 Å². The lowest BCUT2D eigenvalue weighted by Gasteiger charge is -2.53. The summed E-state index contributed by atoms with van der Waals surface area (Å²) in [6.45, 7) is 1.69. The number of benzene rings is 2. The lowest BCUT2D eigenvalue weighted by atomic mass is 9.55. The maximum atomic E-state index is 14.2. The average molecular weight is 620 g/mol. The number of nitrogens with one attached hydrogen (secondary N) is 3. The second kappa shape index (κ2) is 12.9. The van der Waals surface area contributed by atoms with Crippen LogP contribution in [0.2, 0.25) is 0 Å². The van der Waals surface area contributed by atoms with Gasteiger partial charge in [-0.25, -0.2) is 9.59 Å². The molecule has 2 aromatic carbocycles. The number of aliphatic carboxylic acids is 1. The van der Waals surface area contributed by atoms with E-state index in [0.29, 0.717) is 18.3 Å². The summed E-state index contributed by atoms with van der Waals surface area (Å²) < 4.78 is 18.8. The van der Waals surface area contributed by atoms with E-state index in [2.05, 4.69) is 15.6 Å². The largest absolute Gasteiger partial charge is 0.616 e. The molecule has 4 fully saturated rings. The molecule has 10 heteroatoms. The van der Waals surface area contributed by atoms with E-state index in [1.165, 1.54) is 6.42 Å². The molecular formula is C34H41N3O6S. The second-order valence-corrected chi connectivity index (χ2v) is 14.8. The van der Waals surface area contributed by atoms with Gasteiger partial charge in [-0.1, -0.05) is 48.5 Å². The first kappa shape index (κ1) is 30.5. The molecule has 4 saturated carbocycles. The number of carbonyl (C=O) groups excluding carboxylic acids is 2. The number of carboxylic acid groups (broad SMARTS) is 1. The van der Waals surface area contributed by atoms with Crippen LogP contribution in [-0.4, -0.2) is 61.8 Å². The zero-order chi connectivity index (χ0) is 30.8. The molecule has 2 amide bonds. The van der Waals surface area contributed by atoms with Gasteiger partial charge in [0.05, 0.1) is 6.04 Å². The van der Waals surface area contributed by atoms with Crippen molar-refractivity contribution >= 4 is 40.0 Å². The fourth-order valence-electron chi connectivity index (χ4n) is 8.10. The number of amides is 2. The normalized spacial score (nSPS) is 26.5. The van der Waals surface area contributed by atoms with Crippen LogP contribution in [0.1, 0.15) is 50.2 Å². The van der Waals surface area contributed by atoms with Crippen molar-refractivity contribution in [2.75, 3.05) is 11.5 Å². The Labute approximate surface area is 260 Å². The number of ether oxygens (including phenoxy) is 1. The van der Waals surface area contributed by atoms with Gasteiger partial charge in [0.2, 0.25) is 11.7 Å². The highest BCUT2D eigenvalue weighted by Crippen LogP contribution is 2.54. The molecule has 234 valence electrons. The lowest BCUT2D eigenvalue weighted by Crippen LogP contribution is -2.61. The van der Waals surface area contributed by atoms with Crippen LogP contribution >= 0.6 is 0 Å². The molecule has 3 unspecified atom stereocenters. The van der Waals surface area contributed by atoms with Gasteiger partial charge in [0, 0.05) is 23.5 Å². The van der Waals surface area contributed by atoms with Crippen LogP contribution in [-0.2, 0) is 38.3 Å². The maximum absolute atomic E-state index is 14.2. The summed E-state index contributed by atoms with van der Waals surface area (Å²) in [5.74, 6) is 0.0935. The van der Waals surface area contributed by atoms with Crippen LogP contribution in [0, 0.1) is 23.7 Å². The fraction of sp³-hybridized carbons (Fsp3) is 0.500. The quantitative estimate of drug-likeness (QED) is 0.219. The molecule has 0 saturated heterocycles.